The van der Waals surface area contributed by atoms with Gasteiger partial charge in [-0.2, -0.15) is 0 Å². The van der Waals surface area contributed by atoms with Crippen LogP contribution in [0.5, 0.6) is 0 Å². The quantitative estimate of drug-likeness (QED) is 0.0229. The number of hydrogen-bond donors (Lipinski definition) is 3. The van der Waals surface area contributed by atoms with E-state index < -0.39 is 67.3 Å². The maximum Gasteiger partial charge on any atom is 0.335 e. The van der Waals surface area contributed by atoms with E-state index in [2.05, 4.69) is 32.9 Å². The Kier molecular flexibility index (Phi) is 38.0. The van der Waals surface area contributed by atoms with E-state index >= 15 is 0 Å². The van der Waals surface area contributed by atoms with Gasteiger partial charge in [0.05, 0.1) is 6.61 Å². The van der Waals surface area contributed by atoms with Crippen molar-refractivity contribution in [1.82, 2.24) is 0 Å². The summed E-state index contributed by atoms with van der Waals surface area (Å²) < 4.78 is 28.2. The van der Waals surface area contributed by atoms with Gasteiger partial charge in [0.2, 0.25) is 0 Å². The van der Waals surface area contributed by atoms with Gasteiger partial charge in [-0.05, 0) is 38.5 Å². The van der Waals surface area contributed by atoms with Crippen LogP contribution in [0.2, 0.25) is 0 Å². The molecule has 0 amide bonds. The van der Waals surface area contributed by atoms with Crippen LogP contribution in [0, 0.1) is 0 Å². The second-order valence-corrected chi connectivity index (χ2v) is 17.8. The van der Waals surface area contributed by atoms with Crippen molar-refractivity contribution in [3.05, 3.63) is 12.2 Å². The minimum Gasteiger partial charge on any atom is -0.479 e. The summed E-state index contributed by atoms with van der Waals surface area (Å²) in [6, 6.07) is 0. The third kappa shape index (κ3) is 31.9. The molecule has 0 radical (unpaired) electrons. The topological polar surface area (TPSA) is 175 Å². The molecule has 0 aromatic heterocycles. The highest BCUT2D eigenvalue weighted by Crippen LogP contribution is 2.26. The summed E-state index contributed by atoms with van der Waals surface area (Å²) in [6.07, 6.45) is 29.2. The molecule has 6 atom stereocenters. The Bertz CT molecular complexity index is 1160. The monoisotopic (exact) mass is 897 g/mol. The van der Waals surface area contributed by atoms with Gasteiger partial charge in [-0.1, -0.05) is 193 Å². The molecule has 63 heavy (non-hydrogen) atoms. The van der Waals surface area contributed by atoms with E-state index in [-0.39, 0.29) is 25.9 Å². The first-order valence-electron chi connectivity index (χ1n) is 25.7. The van der Waals surface area contributed by atoms with E-state index in [1.165, 1.54) is 103 Å². The maximum absolute atomic E-state index is 13.0. The largest absolute Gasteiger partial charge is 0.479 e. The molecule has 0 aliphatic carbocycles. The number of ether oxygens (including phenoxy) is 5. The summed E-state index contributed by atoms with van der Waals surface area (Å²) in [5, 5.41) is 31.2. The maximum atomic E-state index is 13.0. The van der Waals surface area contributed by atoms with Crippen LogP contribution in [-0.2, 0) is 42.9 Å². The number of aliphatic hydroxyl groups excluding tert-OH is 2. The van der Waals surface area contributed by atoms with Crippen molar-refractivity contribution in [3.8, 4) is 0 Å². The Balaban J connectivity index is 2.74. The molecule has 0 saturated carbocycles. The lowest BCUT2D eigenvalue weighted by Crippen LogP contribution is -2.61. The highest BCUT2D eigenvalue weighted by atomic mass is 16.7. The molecule has 368 valence electrons. The van der Waals surface area contributed by atoms with Crippen LogP contribution in [-0.4, -0.2) is 89.2 Å². The number of carbonyl (C=O) groups is 4. The van der Waals surface area contributed by atoms with Crippen molar-refractivity contribution in [1.29, 1.82) is 0 Å². The molecule has 0 aromatic rings. The van der Waals surface area contributed by atoms with E-state index in [1.807, 2.05) is 0 Å². The Morgan fingerprint density at radius 2 is 0.921 bits per heavy atom. The number of unbranched alkanes of at least 4 members (excludes halogenated alkanes) is 27. The Morgan fingerprint density at radius 3 is 1.40 bits per heavy atom. The Morgan fingerprint density at radius 1 is 0.508 bits per heavy atom. The van der Waals surface area contributed by atoms with Gasteiger partial charge in [0.15, 0.2) is 24.6 Å². The predicted molar refractivity (Wildman–Crippen MR) is 248 cm³/mol. The van der Waals surface area contributed by atoms with Crippen molar-refractivity contribution in [2.45, 2.75) is 276 Å². The fourth-order valence-electron chi connectivity index (χ4n) is 7.82. The summed E-state index contributed by atoms with van der Waals surface area (Å²) >= 11 is 0. The number of rotatable bonds is 43. The summed E-state index contributed by atoms with van der Waals surface area (Å²) in [4.78, 5) is 50.7. The summed E-state index contributed by atoms with van der Waals surface area (Å²) in [5.74, 6) is -3.11. The number of carboxylic acid groups (broad SMARTS) is 1. The van der Waals surface area contributed by atoms with E-state index in [9.17, 15) is 34.5 Å². The second kappa shape index (κ2) is 40.9. The number of hydrogen-bond acceptors (Lipinski definition) is 11. The number of esters is 3. The molecule has 6 unspecified atom stereocenters. The highest BCUT2D eigenvalue weighted by Gasteiger charge is 2.50. The SMILES string of the molecule is CCCC/C=C\CCCCCCCC(=O)OC1C(OCC(COC(=O)CCCCCCCCCCCCC)OC(=O)CCCCCCCCCCCCC)OC(C(=O)O)C(O)C1O. The van der Waals surface area contributed by atoms with Gasteiger partial charge in [-0.15, -0.1) is 0 Å². The molecule has 1 saturated heterocycles. The first-order chi connectivity index (χ1) is 30.6. The average molecular weight is 897 g/mol. The summed E-state index contributed by atoms with van der Waals surface area (Å²) in [7, 11) is 0. The Hall–Kier alpha value is -2.54. The lowest BCUT2D eigenvalue weighted by molar-refractivity contribution is -0.301. The molecule has 1 fully saturated rings. The third-order valence-corrected chi connectivity index (χ3v) is 11.8. The molecular formula is C51H92O12. The van der Waals surface area contributed by atoms with Crippen molar-refractivity contribution >= 4 is 23.9 Å². The number of aliphatic carboxylic acids is 1. The standard InChI is InChI=1S/C51H92O12/c1-4-7-10-13-16-19-22-25-28-31-34-37-43(52)59-40-42(61-44(53)38-35-32-29-26-23-20-17-14-11-8-5-2)41-60-51-49(47(56)46(55)48(63-51)50(57)58)62-45(54)39-36-33-30-27-24-21-18-15-12-9-6-3/h15,18,42,46-49,51,55-56H,4-14,16-17,19-41H2,1-3H3,(H,57,58)/b18-15-. The van der Waals surface area contributed by atoms with Crippen LogP contribution in [0.15, 0.2) is 12.2 Å². The van der Waals surface area contributed by atoms with Gasteiger partial charge in [0, 0.05) is 19.3 Å². The highest BCUT2D eigenvalue weighted by molar-refractivity contribution is 5.74. The molecule has 1 heterocycles. The fourth-order valence-corrected chi connectivity index (χ4v) is 7.82. The normalized spacial score (nSPS) is 19.3. The summed E-state index contributed by atoms with van der Waals surface area (Å²) in [5.41, 5.74) is 0. The fraction of sp³-hybridized carbons (Fsp3) is 0.882. The van der Waals surface area contributed by atoms with E-state index in [1.54, 1.807) is 0 Å². The summed E-state index contributed by atoms with van der Waals surface area (Å²) in [6.45, 7) is 5.91. The Labute approximate surface area is 382 Å². The van der Waals surface area contributed by atoms with Gasteiger partial charge in [0.1, 0.15) is 18.8 Å². The van der Waals surface area contributed by atoms with E-state index in [0.717, 1.165) is 77.0 Å². The molecule has 12 nitrogen and oxygen atoms in total. The lowest BCUT2D eigenvalue weighted by atomic mass is 9.98. The number of allylic oxidation sites excluding steroid dienone is 2. The molecule has 12 heteroatoms. The number of carboxylic acids is 1. The van der Waals surface area contributed by atoms with Crippen molar-refractivity contribution in [2.75, 3.05) is 13.2 Å². The van der Waals surface area contributed by atoms with Crippen molar-refractivity contribution in [2.24, 2.45) is 0 Å². The molecule has 3 N–H and O–H groups in total. The van der Waals surface area contributed by atoms with Gasteiger partial charge in [-0.3, -0.25) is 14.4 Å². The van der Waals surface area contributed by atoms with E-state index in [4.69, 9.17) is 23.7 Å². The smallest absolute Gasteiger partial charge is 0.335 e. The van der Waals surface area contributed by atoms with Crippen LogP contribution in [0.1, 0.15) is 239 Å². The number of aliphatic hydroxyl groups is 2. The molecular weight excluding hydrogens is 805 g/mol. The molecule has 0 aromatic carbocycles. The minimum absolute atomic E-state index is 0.0552. The van der Waals surface area contributed by atoms with Crippen molar-refractivity contribution in [3.63, 3.8) is 0 Å². The van der Waals surface area contributed by atoms with Crippen LogP contribution in [0.4, 0.5) is 0 Å². The minimum atomic E-state index is -1.90. The predicted octanol–water partition coefficient (Wildman–Crippen LogP) is 11.8. The van der Waals surface area contributed by atoms with Crippen LogP contribution in [0.3, 0.4) is 0 Å². The zero-order chi connectivity index (χ0) is 46.2. The van der Waals surface area contributed by atoms with Crippen LogP contribution < -0.4 is 0 Å². The van der Waals surface area contributed by atoms with Gasteiger partial charge in [-0.25, -0.2) is 4.79 Å². The first-order valence-corrected chi connectivity index (χ1v) is 25.7. The average Bonchev–Trinajstić information content (AvgIpc) is 3.26. The third-order valence-electron chi connectivity index (χ3n) is 11.8. The first kappa shape index (κ1) is 58.5. The van der Waals surface area contributed by atoms with Gasteiger partial charge >= 0.3 is 23.9 Å². The van der Waals surface area contributed by atoms with Crippen molar-refractivity contribution < 1.29 is 58.2 Å². The van der Waals surface area contributed by atoms with Gasteiger partial charge < -0.3 is 39.0 Å². The van der Waals surface area contributed by atoms with Crippen LogP contribution >= 0.6 is 0 Å². The molecule has 0 bridgehead atoms. The number of carbonyl (C=O) groups excluding carboxylic acids is 3. The molecule has 1 aliphatic rings. The molecule has 0 spiro atoms. The second-order valence-electron chi connectivity index (χ2n) is 17.8. The zero-order valence-corrected chi connectivity index (χ0v) is 40.1. The van der Waals surface area contributed by atoms with Gasteiger partial charge in [0.25, 0.3) is 0 Å². The lowest BCUT2D eigenvalue weighted by Gasteiger charge is -2.40. The zero-order valence-electron chi connectivity index (χ0n) is 40.1. The molecule has 1 rings (SSSR count). The van der Waals surface area contributed by atoms with E-state index in [0.29, 0.717) is 19.3 Å². The van der Waals surface area contributed by atoms with Crippen LogP contribution in [0.25, 0.3) is 0 Å². The molecule has 1 aliphatic heterocycles.